The predicted octanol–water partition coefficient (Wildman–Crippen LogP) is 5.13. The number of fused-ring (bicyclic) bond motifs is 1. The molecule has 0 atom stereocenters. The molecule has 1 aromatic heterocycles. The van der Waals surface area contributed by atoms with Gasteiger partial charge in [-0.1, -0.05) is 18.2 Å². The van der Waals surface area contributed by atoms with Crippen molar-refractivity contribution in [1.82, 2.24) is 4.98 Å². The molecule has 0 unspecified atom stereocenters. The average Bonchev–Trinajstić information content (AvgIpc) is 3.35. The van der Waals surface area contributed by atoms with Crippen molar-refractivity contribution in [3.05, 3.63) is 63.0 Å². The van der Waals surface area contributed by atoms with Crippen molar-refractivity contribution in [3.63, 3.8) is 0 Å². The van der Waals surface area contributed by atoms with Crippen molar-refractivity contribution in [2.75, 3.05) is 16.2 Å². The fourth-order valence-corrected chi connectivity index (χ4v) is 6.31. The van der Waals surface area contributed by atoms with Crippen LogP contribution < -0.4 is 9.62 Å². The van der Waals surface area contributed by atoms with Crippen LogP contribution in [0.2, 0.25) is 0 Å². The smallest absolute Gasteiger partial charge is 0.413 e. The van der Waals surface area contributed by atoms with Crippen molar-refractivity contribution in [1.29, 1.82) is 0 Å². The van der Waals surface area contributed by atoms with Crippen LogP contribution in [0.3, 0.4) is 0 Å². The van der Waals surface area contributed by atoms with Crippen LogP contribution in [0.5, 0.6) is 0 Å². The van der Waals surface area contributed by atoms with Gasteiger partial charge in [0.15, 0.2) is 10.0 Å². The number of amides is 1. The third-order valence-electron chi connectivity index (χ3n) is 5.24. The monoisotopic (exact) mass is 516 g/mol. The van der Waals surface area contributed by atoms with E-state index >= 15 is 0 Å². The summed E-state index contributed by atoms with van der Waals surface area (Å²) >= 11 is 1.31. The van der Waals surface area contributed by atoms with E-state index in [9.17, 15) is 23.3 Å². The minimum atomic E-state index is -4.12. The quantitative estimate of drug-likeness (QED) is 0.367. The van der Waals surface area contributed by atoms with E-state index in [2.05, 4.69) is 10.3 Å². The lowest BCUT2D eigenvalue weighted by Gasteiger charge is -2.19. The number of ether oxygens (including phenoxy) is 1. The molecule has 10 nitrogen and oxygen atoms in total. The predicted molar refractivity (Wildman–Crippen MR) is 133 cm³/mol. The highest BCUT2D eigenvalue weighted by Gasteiger charge is 2.35. The second-order valence-corrected chi connectivity index (χ2v) is 12.0. The lowest BCUT2D eigenvalue weighted by molar-refractivity contribution is -0.387. The first-order valence-corrected chi connectivity index (χ1v) is 13.0. The molecule has 0 spiro atoms. The number of sulfonamides is 1. The molecule has 2 heterocycles. The van der Waals surface area contributed by atoms with E-state index in [4.69, 9.17) is 4.74 Å². The molecule has 0 saturated heterocycles. The molecule has 1 aliphatic heterocycles. The van der Waals surface area contributed by atoms with Crippen molar-refractivity contribution in [2.24, 2.45) is 0 Å². The van der Waals surface area contributed by atoms with Gasteiger partial charge in [-0.2, -0.15) is 0 Å². The Labute approximate surface area is 206 Å². The van der Waals surface area contributed by atoms with Gasteiger partial charge < -0.3 is 4.74 Å². The number of para-hydroxylation sites is 1. The highest BCUT2D eigenvalue weighted by atomic mass is 32.2. The molecule has 0 bridgehead atoms. The van der Waals surface area contributed by atoms with Crippen LogP contribution in [0.25, 0.3) is 11.3 Å². The second-order valence-electron chi connectivity index (χ2n) is 8.95. The Bertz CT molecular complexity index is 1430. The molecule has 0 aliphatic carbocycles. The number of nitrogens with one attached hydrogen (secondary N) is 1. The van der Waals surface area contributed by atoms with Crippen molar-refractivity contribution in [2.45, 2.75) is 44.6 Å². The molecule has 0 radical (unpaired) electrons. The zero-order valence-electron chi connectivity index (χ0n) is 19.6. The van der Waals surface area contributed by atoms with Crippen molar-refractivity contribution >= 4 is 44.0 Å². The average molecular weight is 517 g/mol. The van der Waals surface area contributed by atoms with Crippen LogP contribution in [0.15, 0.2) is 47.4 Å². The number of aromatic nitrogens is 1. The van der Waals surface area contributed by atoms with E-state index in [1.54, 1.807) is 32.9 Å². The molecule has 4 rings (SSSR count). The highest BCUT2D eigenvalue weighted by Crippen LogP contribution is 2.39. The molecule has 0 saturated carbocycles. The van der Waals surface area contributed by atoms with Gasteiger partial charge in [-0.05, 0) is 57.9 Å². The fraction of sp³-hybridized carbons (Fsp3) is 0.304. The maximum absolute atomic E-state index is 13.3. The van der Waals surface area contributed by atoms with E-state index in [1.807, 2.05) is 13.0 Å². The Hall–Kier alpha value is -3.51. The molecule has 0 fully saturated rings. The Kier molecular flexibility index (Phi) is 6.28. The van der Waals surface area contributed by atoms with Crippen LogP contribution in [0, 0.1) is 17.0 Å². The van der Waals surface area contributed by atoms with Crippen LogP contribution in [0.4, 0.5) is 21.3 Å². The molecular formula is C23H24N4O6S2. The van der Waals surface area contributed by atoms with Gasteiger partial charge in [-0.25, -0.2) is 18.2 Å². The third kappa shape index (κ3) is 4.98. The molecule has 2 aromatic carbocycles. The maximum atomic E-state index is 13.3. The van der Waals surface area contributed by atoms with E-state index < -0.39 is 32.3 Å². The third-order valence-corrected chi connectivity index (χ3v) is 7.99. The summed E-state index contributed by atoms with van der Waals surface area (Å²) in [7, 11) is -4.12. The van der Waals surface area contributed by atoms with Gasteiger partial charge in [0.25, 0.3) is 15.7 Å². The van der Waals surface area contributed by atoms with Crippen LogP contribution >= 0.6 is 11.3 Å². The summed E-state index contributed by atoms with van der Waals surface area (Å²) in [6.45, 7) is 7.37. The number of nitro benzene ring substituents is 1. The normalized spacial score (nSPS) is 13.4. The van der Waals surface area contributed by atoms with Gasteiger partial charge in [0.05, 0.1) is 16.3 Å². The number of rotatable bonds is 5. The summed E-state index contributed by atoms with van der Waals surface area (Å²) in [5, 5.41) is 14.4. The number of hydrogen-bond donors (Lipinski definition) is 1. The first-order chi connectivity index (χ1) is 16.4. The number of carbonyl (C=O) groups is 1. The van der Waals surface area contributed by atoms with Crippen LogP contribution in [0.1, 0.15) is 31.2 Å². The fourth-order valence-electron chi connectivity index (χ4n) is 3.82. The Morgan fingerprint density at radius 2 is 1.94 bits per heavy atom. The van der Waals surface area contributed by atoms with Gasteiger partial charge in [-0.3, -0.25) is 19.7 Å². The molecule has 35 heavy (non-hydrogen) atoms. The van der Waals surface area contributed by atoms with Gasteiger partial charge in [0.2, 0.25) is 0 Å². The van der Waals surface area contributed by atoms with E-state index in [0.717, 1.165) is 16.0 Å². The number of carbonyl (C=O) groups excluding carboxylic acids is 1. The molecule has 184 valence electrons. The van der Waals surface area contributed by atoms with Gasteiger partial charge in [0.1, 0.15) is 5.60 Å². The summed E-state index contributed by atoms with van der Waals surface area (Å²) in [5.74, 6) is 0. The summed E-state index contributed by atoms with van der Waals surface area (Å²) in [6, 6.07) is 10.6. The minimum Gasteiger partial charge on any atom is -0.444 e. The lowest BCUT2D eigenvalue weighted by Crippen LogP contribution is -2.29. The largest absolute Gasteiger partial charge is 0.444 e. The summed E-state index contributed by atoms with van der Waals surface area (Å²) < 4.78 is 33.1. The highest BCUT2D eigenvalue weighted by molar-refractivity contribution is 7.93. The second kappa shape index (κ2) is 8.93. The van der Waals surface area contributed by atoms with Crippen molar-refractivity contribution in [3.8, 4) is 11.3 Å². The van der Waals surface area contributed by atoms with E-state index in [1.165, 1.54) is 39.9 Å². The topological polar surface area (TPSA) is 132 Å². The minimum absolute atomic E-state index is 0.175. The van der Waals surface area contributed by atoms with Gasteiger partial charge in [0, 0.05) is 23.1 Å². The molecule has 3 aromatic rings. The van der Waals surface area contributed by atoms with Crippen LogP contribution in [-0.4, -0.2) is 36.6 Å². The zero-order chi connectivity index (χ0) is 25.5. The molecule has 1 aliphatic rings. The molecule has 1 N–H and O–H groups in total. The Morgan fingerprint density at radius 1 is 1.23 bits per heavy atom. The zero-order valence-corrected chi connectivity index (χ0v) is 21.2. The van der Waals surface area contributed by atoms with Crippen LogP contribution in [-0.2, 0) is 21.2 Å². The maximum Gasteiger partial charge on any atom is 0.413 e. The SMILES string of the molecule is Cc1sc(NC(=O)OC(C)(C)C)nc1-c1ccc2c(c1)CCN2S(=O)(=O)c1ccccc1[N+](=O)[O-]. The number of hydrogen-bond acceptors (Lipinski definition) is 8. The summed E-state index contributed by atoms with van der Waals surface area (Å²) in [6.07, 6.45) is -0.141. The number of nitrogens with zero attached hydrogens (tertiary/aromatic N) is 3. The number of aryl methyl sites for hydroxylation is 1. The number of nitro groups is 1. The number of thiazole rings is 1. The van der Waals surface area contributed by atoms with Gasteiger partial charge >= 0.3 is 6.09 Å². The standard InChI is InChI=1S/C23H24N4O6S2/c1-14-20(24-21(34-14)25-22(28)33-23(2,3)4)16-9-10-17-15(13-16)11-12-26(17)35(31,32)19-8-6-5-7-18(19)27(29)30/h5-10,13H,11-12H2,1-4H3,(H,24,25,28). The summed E-state index contributed by atoms with van der Waals surface area (Å²) in [5.41, 5.74) is 1.63. The molecule has 1 amide bonds. The number of anilines is 2. The first-order valence-electron chi connectivity index (χ1n) is 10.7. The molecular weight excluding hydrogens is 492 g/mol. The van der Waals surface area contributed by atoms with Crippen molar-refractivity contribution < 1.29 is 22.9 Å². The summed E-state index contributed by atoms with van der Waals surface area (Å²) in [4.78, 5) is 27.8. The van der Waals surface area contributed by atoms with E-state index in [-0.39, 0.29) is 11.4 Å². The van der Waals surface area contributed by atoms with E-state index in [0.29, 0.717) is 22.9 Å². The molecule has 12 heteroatoms. The van der Waals surface area contributed by atoms with Gasteiger partial charge in [-0.15, -0.1) is 11.3 Å². The Balaban J connectivity index is 1.62. The number of benzene rings is 2. The lowest BCUT2D eigenvalue weighted by atomic mass is 10.1. The Morgan fingerprint density at radius 3 is 2.63 bits per heavy atom. The first kappa shape index (κ1) is 24.6.